The van der Waals surface area contributed by atoms with Gasteiger partial charge in [0.15, 0.2) is 5.82 Å². The molecule has 11 nitrogen and oxygen atoms in total. The number of fused-ring (bicyclic) bond motifs is 1. The highest BCUT2D eigenvalue weighted by Crippen LogP contribution is 2.42. The summed E-state index contributed by atoms with van der Waals surface area (Å²) in [4.78, 5) is 16.3. The molecule has 0 bridgehead atoms. The number of hydrogen-bond donors (Lipinski definition) is 1. The number of halogens is 2. The lowest BCUT2D eigenvalue weighted by molar-refractivity contribution is 0.0763. The van der Waals surface area contributed by atoms with Gasteiger partial charge in [-0.3, -0.25) is 0 Å². The van der Waals surface area contributed by atoms with Gasteiger partial charge in [0.1, 0.15) is 18.0 Å². The van der Waals surface area contributed by atoms with Crippen molar-refractivity contribution in [2.75, 3.05) is 0 Å². The van der Waals surface area contributed by atoms with Gasteiger partial charge in [0.2, 0.25) is 15.9 Å². The number of hydrogen-bond acceptors (Lipinski definition) is 10. The van der Waals surface area contributed by atoms with E-state index < -0.39 is 34.5 Å². The van der Waals surface area contributed by atoms with E-state index >= 15 is 0 Å². The number of benzene rings is 1. The molecule has 3 aromatic heterocycles. The van der Waals surface area contributed by atoms with Crippen molar-refractivity contribution in [3.8, 4) is 11.5 Å². The summed E-state index contributed by atoms with van der Waals surface area (Å²) in [5.41, 5.74) is 0.572. The summed E-state index contributed by atoms with van der Waals surface area (Å²) in [5.74, 6) is -1.06. The molecule has 34 heavy (non-hydrogen) atoms. The Labute approximate surface area is 191 Å². The van der Waals surface area contributed by atoms with Gasteiger partial charge in [-0.2, -0.15) is 13.1 Å². The minimum absolute atomic E-state index is 0.00260. The predicted octanol–water partition coefficient (Wildman–Crippen LogP) is 2.23. The van der Waals surface area contributed by atoms with Crippen LogP contribution in [0.3, 0.4) is 0 Å². The van der Waals surface area contributed by atoms with Crippen LogP contribution < -0.4 is 0 Å². The van der Waals surface area contributed by atoms with Crippen LogP contribution in [0.1, 0.15) is 41.7 Å². The van der Waals surface area contributed by atoms with Gasteiger partial charge in [0.25, 0.3) is 5.89 Å². The average Bonchev–Trinajstić information content (AvgIpc) is 3.44. The van der Waals surface area contributed by atoms with Gasteiger partial charge >= 0.3 is 6.43 Å². The number of aliphatic hydroxyl groups excluding tert-OH is 1. The van der Waals surface area contributed by atoms with Crippen LogP contribution in [0, 0.1) is 0 Å². The Hall–Kier alpha value is -3.75. The number of sulfonamides is 1. The molecule has 14 heteroatoms. The summed E-state index contributed by atoms with van der Waals surface area (Å²) >= 11 is 0. The molecule has 0 saturated heterocycles. The van der Waals surface area contributed by atoms with Crippen LogP contribution in [0.15, 0.2) is 64.4 Å². The van der Waals surface area contributed by atoms with E-state index in [1.54, 1.807) is 12.1 Å². The molecule has 0 unspecified atom stereocenters. The molecule has 0 amide bonds. The van der Waals surface area contributed by atoms with E-state index in [-0.39, 0.29) is 34.5 Å². The first-order valence-electron chi connectivity index (χ1n) is 9.85. The third-order valence-corrected chi connectivity index (χ3v) is 7.07. The molecular formula is C20H15F2N7O4S. The van der Waals surface area contributed by atoms with E-state index in [1.807, 2.05) is 0 Å². The zero-order chi connectivity index (χ0) is 23.9. The van der Waals surface area contributed by atoms with E-state index in [9.17, 15) is 22.3 Å². The second-order valence-corrected chi connectivity index (χ2v) is 9.08. The number of aliphatic hydroxyl groups is 1. The standard InChI is InChI=1S/C20H15F2N7O4S/c21-16(22)20-28-27-19(33-20)11-3-4-12-10-29(34(31,32)13(12)9-11)14(17-23-5-1-6-24-17)15(30)18-25-7-2-8-26-18/h1-9,14-16,30H,10H2/t14-,15+/m1/s1. The van der Waals surface area contributed by atoms with Crippen molar-refractivity contribution < 1.29 is 26.7 Å². The number of alkyl halides is 2. The second kappa shape index (κ2) is 8.55. The fourth-order valence-electron chi connectivity index (χ4n) is 3.62. The van der Waals surface area contributed by atoms with E-state index in [4.69, 9.17) is 4.42 Å². The molecule has 0 aliphatic carbocycles. The molecule has 0 saturated carbocycles. The summed E-state index contributed by atoms with van der Waals surface area (Å²) in [5, 5.41) is 17.9. The minimum atomic E-state index is -4.19. The fourth-order valence-corrected chi connectivity index (χ4v) is 5.43. The first kappa shape index (κ1) is 22.1. The van der Waals surface area contributed by atoms with Crippen LogP contribution in [0.4, 0.5) is 8.78 Å². The highest BCUT2D eigenvalue weighted by molar-refractivity contribution is 7.89. The summed E-state index contributed by atoms with van der Waals surface area (Å²) < 4.78 is 58.7. The van der Waals surface area contributed by atoms with E-state index in [2.05, 4.69) is 30.1 Å². The normalized spacial score (nSPS) is 16.9. The second-order valence-electron chi connectivity index (χ2n) is 7.22. The molecule has 0 spiro atoms. The quantitative estimate of drug-likeness (QED) is 0.429. The SMILES string of the molecule is O=S1(=O)c2cc(-c3nnc(C(F)F)o3)ccc2CN1[C@@H](c1ncccn1)[C@H](O)c1ncccn1. The minimum Gasteiger partial charge on any atom is -0.415 e. The summed E-state index contributed by atoms with van der Waals surface area (Å²) in [6, 6.07) is 6.16. The fraction of sp³-hybridized carbons (Fsp3) is 0.200. The molecule has 174 valence electrons. The Morgan fingerprint density at radius 3 is 2.24 bits per heavy atom. The Bertz CT molecular complexity index is 1420. The average molecular weight is 487 g/mol. The largest absolute Gasteiger partial charge is 0.415 e. The molecule has 1 N–H and O–H groups in total. The van der Waals surface area contributed by atoms with Crippen molar-refractivity contribution in [3.05, 3.63) is 78.2 Å². The van der Waals surface area contributed by atoms with E-state index in [1.165, 1.54) is 43.0 Å². The number of rotatable bonds is 6. The molecule has 2 atom stereocenters. The van der Waals surface area contributed by atoms with Crippen molar-refractivity contribution in [1.82, 2.24) is 34.4 Å². The predicted molar refractivity (Wildman–Crippen MR) is 109 cm³/mol. The van der Waals surface area contributed by atoms with Crippen molar-refractivity contribution in [2.45, 2.75) is 30.0 Å². The van der Waals surface area contributed by atoms with Gasteiger partial charge in [0.05, 0.1) is 4.90 Å². The van der Waals surface area contributed by atoms with Gasteiger partial charge in [-0.1, -0.05) is 6.07 Å². The van der Waals surface area contributed by atoms with Crippen LogP contribution in [-0.2, 0) is 16.6 Å². The Morgan fingerprint density at radius 1 is 0.971 bits per heavy atom. The van der Waals surface area contributed by atoms with Crippen LogP contribution >= 0.6 is 0 Å². The van der Waals surface area contributed by atoms with Gasteiger partial charge in [-0.15, -0.1) is 10.2 Å². The third-order valence-electron chi connectivity index (χ3n) is 5.16. The molecule has 0 radical (unpaired) electrons. The van der Waals surface area contributed by atoms with Crippen LogP contribution in [0.25, 0.3) is 11.5 Å². The maximum Gasteiger partial charge on any atom is 0.314 e. The molecule has 1 aromatic carbocycles. The van der Waals surface area contributed by atoms with E-state index in [0.717, 1.165) is 4.31 Å². The number of aromatic nitrogens is 6. The molecule has 4 heterocycles. The van der Waals surface area contributed by atoms with Crippen molar-refractivity contribution in [2.24, 2.45) is 0 Å². The Morgan fingerprint density at radius 2 is 1.62 bits per heavy atom. The first-order valence-corrected chi connectivity index (χ1v) is 11.3. The first-order chi connectivity index (χ1) is 16.4. The molecule has 1 aliphatic heterocycles. The van der Waals surface area contributed by atoms with Crippen molar-refractivity contribution in [3.63, 3.8) is 0 Å². The Kier molecular flexibility index (Phi) is 5.55. The molecule has 1 aliphatic rings. The monoisotopic (exact) mass is 487 g/mol. The van der Waals surface area contributed by atoms with Gasteiger partial charge in [-0.05, 0) is 29.8 Å². The molecule has 4 aromatic rings. The zero-order valence-electron chi connectivity index (χ0n) is 17.1. The molecular weight excluding hydrogens is 472 g/mol. The maximum absolute atomic E-state index is 13.6. The lowest BCUT2D eigenvalue weighted by atomic mass is 10.1. The van der Waals surface area contributed by atoms with Crippen LogP contribution in [0.2, 0.25) is 0 Å². The zero-order valence-corrected chi connectivity index (χ0v) is 17.9. The molecule has 0 fully saturated rings. The summed E-state index contributed by atoms with van der Waals surface area (Å²) in [7, 11) is -4.19. The third kappa shape index (κ3) is 3.81. The van der Waals surface area contributed by atoms with Crippen molar-refractivity contribution in [1.29, 1.82) is 0 Å². The van der Waals surface area contributed by atoms with E-state index in [0.29, 0.717) is 5.56 Å². The van der Waals surface area contributed by atoms with Gasteiger partial charge < -0.3 is 9.52 Å². The van der Waals surface area contributed by atoms with Gasteiger partial charge in [-0.25, -0.2) is 28.4 Å². The van der Waals surface area contributed by atoms with Crippen LogP contribution in [-0.4, -0.2) is 48.0 Å². The highest BCUT2D eigenvalue weighted by atomic mass is 32.2. The lowest BCUT2D eigenvalue weighted by Crippen LogP contribution is -2.35. The molecule has 5 rings (SSSR count). The summed E-state index contributed by atoms with van der Waals surface area (Å²) in [6.07, 6.45) is 1.27. The number of nitrogens with zero attached hydrogens (tertiary/aromatic N) is 7. The smallest absolute Gasteiger partial charge is 0.314 e. The maximum atomic E-state index is 13.6. The topological polar surface area (TPSA) is 148 Å². The van der Waals surface area contributed by atoms with Crippen molar-refractivity contribution >= 4 is 10.0 Å². The summed E-state index contributed by atoms with van der Waals surface area (Å²) in [6.45, 7) is -0.100. The Balaban J connectivity index is 1.56. The highest BCUT2D eigenvalue weighted by Gasteiger charge is 2.45. The van der Waals surface area contributed by atoms with Crippen LogP contribution in [0.5, 0.6) is 0 Å². The van der Waals surface area contributed by atoms with Gasteiger partial charge in [0, 0.05) is 36.9 Å². The lowest BCUT2D eigenvalue weighted by Gasteiger charge is -2.28.